The number of benzene rings is 1. The van der Waals surface area contributed by atoms with Crippen molar-refractivity contribution in [2.75, 3.05) is 6.67 Å². The van der Waals surface area contributed by atoms with Gasteiger partial charge in [-0.15, -0.1) is 0 Å². The van der Waals surface area contributed by atoms with Gasteiger partial charge in [0, 0.05) is 10.6 Å². The van der Waals surface area contributed by atoms with Crippen LogP contribution < -0.4 is 10.9 Å². The number of nitrogens with zero attached hydrogens (tertiary/aromatic N) is 4. The minimum atomic E-state index is -3.30. The molecule has 1 unspecified atom stereocenters. The smallest absolute Gasteiger partial charge is 0.284 e. The van der Waals surface area contributed by atoms with Crippen molar-refractivity contribution in [2.24, 2.45) is 0 Å². The number of carbonyl (C=O) groups excluding carboxylic acids is 1. The molecule has 0 aliphatic rings. The SMILES string of the molecule is CC(O)(CF)[C@H](NC(=O)c1cc(-c2ccc(Cl)cc2)nn(-c2cncnc2)c1=O)C(F)F. The van der Waals surface area contributed by atoms with Crippen LogP contribution in [-0.4, -0.2) is 55.5 Å². The van der Waals surface area contributed by atoms with Gasteiger partial charge in [-0.25, -0.2) is 23.1 Å². The van der Waals surface area contributed by atoms with E-state index >= 15 is 0 Å². The summed E-state index contributed by atoms with van der Waals surface area (Å²) in [5, 5.41) is 16.4. The molecule has 12 heteroatoms. The van der Waals surface area contributed by atoms with Crippen molar-refractivity contribution in [1.82, 2.24) is 25.1 Å². The van der Waals surface area contributed by atoms with E-state index in [9.17, 15) is 27.9 Å². The van der Waals surface area contributed by atoms with Crippen LogP contribution in [0.1, 0.15) is 17.3 Å². The van der Waals surface area contributed by atoms with Gasteiger partial charge in [-0.2, -0.15) is 9.78 Å². The molecule has 0 aliphatic heterocycles. The second-order valence-corrected chi connectivity index (χ2v) is 7.48. The molecule has 1 amide bonds. The normalized spacial score (nSPS) is 14.1. The molecular weight excluding hydrogens is 451 g/mol. The minimum absolute atomic E-state index is 0.114. The zero-order valence-electron chi connectivity index (χ0n) is 16.5. The first-order valence-corrected chi connectivity index (χ1v) is 9.55. The average molecular weight is 468 g/mol. The molecule has 168 valence electrons. The van der Waals surface area contributed by atoms with Crippen LogP contribution in [0.2, 0.25) is 5.02 Å². The van der Waals surface area contributed by atoms with Crippen LogP contribution in [0.5, 0.6) is 0 Å². The Labute approximate surface area is 184 Å². The molecule has 3 aromatic rings. The highest BCUT2D eigenvalue weighted by Crippen LogP contribution is 2.21. The average Bonchev–Trinajstić information content (AvgIpc) is 2.78. The molecule has 2 atom stereocenters. The fourth-order valence-electron chi connectivity index (χ4n) is 2.79. The van der Waals surface area contributed by atoms with Crippen LogP contribution in [0, 0.1) is 0 Å². The molecule has 0 saturated heterocycles. The lowest BCUT2D eigenvalue weighted by Gasteiger charge is -2.30. The number of amides is 1. The summed E-state index contributed by atoms with van der Waals surface area (Å²) in [5.41, 5.74) is -3.35. The van der Waals surface area contributed by atoms with Crippen molar-refractivity contribution in [3.05, 3.63) is 70.0 Å². The molecule has 32 heavy (non-hydrogen) atoms. The van der Waals surface area contributed by atoms with E-state index in [1.165, 1.54) is 18.7 Å². The van der Waals surface area contributed by atoms with Gasteiger partial charge in [-0.1, -0.05) is 23.7 Å². The van der Waals surface area contributed by atoms with Crippen molar-refractivity contribution in [1.29, 1.82) is 0 Å². The minimum Gasteiger partial charge on any atom is -0.385 e. The highest BCUT2D eigenvalue weighted by atomic mass is 35.5. The lowest BCUT2D eigenvalue weighted by atomic mass is 9.98. The van der Waals surface area contributed by atoms with Gasteiger partial charge >= 0.3 is 0 Å². The fraction of sp³-hybridized carbons (Fsp3) is 0.250. The van der Waals surface area contributed by atoms with Crippen molar-refractivity contribution >= 4 is 17.5 Å². The van der Waals surface area contributed by atoms with Crippen molar-refractivity contribution in [2.45, 2.75) is 25.0 Å². The van der Waals surface area contributed by atoms with Crippen molar-refractivity contribution in [3.63, 3.8) is 0 Å². The van der Waals surface area contributed by atoms with E-state index in [4.69, 9.17) is 11.6 Å². The molecule has 2 N–H and O–H groups in total. The van der Waals surface area contributed by atoms with Gasteiger partial charge < -0.3 is 10.4 Å². The summed E-state index contributed by atoms with van der Waals surface area (Å²) < 4.78 is 40.8. The highest BCUT2D eigenvalue weighted by molar-refractivity contribution is 6.30. The maximum absolute atomic E-state index is 13.4. The van der Waals surface area contributed by atoms with Gasteiger partial charge in [-0.05, 0) is 25.1 Å². The summed E-state index contributed by atoms with van der Waals surface area (Å²) in [6.07, 6.45) is 0.458. The fourth-order valence-corrected chi connectivity index (χ4v) is 2.91. The Bertz CT molecular complexity index is 1160. The summed E-state index contributed by atoms with van der Waals surface area (Å²) in [4.78, 5) is 33.4. The highest BCUT2D eigenvalue weighted by Gasteiger charge is 2.40. The summed E-state index contributed by atoms with van der Waals surface area (Å²) in [5.74, 6) is -1.24. The second kappa shape index (κ2) is 9.45. The van der Waals surface area contributed by atoms with Crippen LogP contribution in [0.3, 0.4) is 0 Å². The van der Waals surface area contributed by atoms with Gasteiger partial charge in [0.05, 0.1) is 18.1 Å². The largest absolute Gasteiger partial charge is 0.385 e. The van der Waals surface area contributed by atoms with Crippen LogP contribution in [0.25, 0.3) is 16.9 Å². The molecule has 0 spiro atoms. The Balaban J connectivity index is 2.14. The van der Waals surface area contributed by atoms with E-state index in [1.54, 1.807) is 24.3 Å². The Kier molecular flexibility index (Phi) is 6.90. The summed E-state index contributed by atoms with van der Waals surface area (Å²) in [6, 6.07) is 5.13. The van der Waals surface area contributed by atoms with E-state index in [1.807, 2.05) is 5.32 Å². The molecule has 8 nitrogen and oxygen atoms in total. The van der Waals surface area contributed by atoms with Crippen LogP contribution in [0.15, 0.2) is 53.8 Å². The van der Waals surface area contributed by atoms with E-state index in [-0.39, 0.29) is 11.4 Å². The summed E-state index contributed by atoms with van der Waals surface area (Å²) >= 11 is 5.90. The lowest BCUT2D eigenvalue weighted by molar-refractivity contribution is -0.0567. The standard InChI is InChI=1S/C20H17ClF3N5O3/c1-20(32,9-22)16(17(23)24)27-18(30)14-6-15(11-2-4-12(21)5-3-11)28-29(19(14)31)13-7-25-10-26-8-13/h2-8,10,16-17,32H,9H2,1H3,(H,27,30)/t16-,20?/m1/s1. The third kappa shape index (κ3) is 4.94. The molecular formula is C20H17ClF3N5O3. The first kappa shape index (κ1) is 23.4. The van der Waals surface area contributed by atoms with E-state index in [0.29, 0.717) is 10.6 Å². The number of rotatable bonds is 7. The number of alkyl halides is 3. The molecule has 2 heterocycles. The molecule has 0 aliphatic carbocycles. The number of hydrogen-bond donors (Lipinski definition) is 2. The van der Waals surface area contributed by atoms with Crippen LogP contribution in [-0.2, 0) is 0 Å². The predicted molar refractivity (Wildman–Crippen MR) is 110 cm³/mol. The lowest BCUT2D eigenvalue weighted by Crippen LogP contribution is -2.57. The Morgan fingerprint density at radius 3 is 2.44 bits per heavy atom. The van der Waals surface area contributed by atoms with Gasteiger partial charge in [0.2, 0.25) is 0 Å². The predicted octanol–water partition coefficient (Wildman–Crippen LogP) is 2.43. The number of aromatic nitrogens is 4. The second-order valence-electron chi connectivity index (χ2n) is 7.04. The van der Waals surface area contributed by atoms with Crippen molar-refractivity contribution < 1.29 is 23.1 Å². The zero-order chi connectivity index (χ0) is 23.5. The number of halogens is 4. The Hall–Kier alpha value is -3.31. The maximum Gasteiger partial charge on any atom is 0.284 e. The maximum atomic E-state index is 13.4. The third-order valence-electron chi connectivity index (χ3n) is 4.57. The molecule has 3 rings (SSSR count). The molecule has 0 saturated carbocycles. The van der Waals surface area contributed by atoms with E-state index in [2.05, 4.69) is 15.1 Å². The molecule has 0 radical (unpaired) electrons. The van der Waals surface area contributed by atoms with Crippen LogP contribution in [0.4, 0.5) is 13.2 Å². The van der Waals surface area contributed by atoms with Gasteiger partial charge in [0.1, 0.15) is 35.9 Å². The third-order valence-corrected chi connectivity index (χ3v) is 4.82. The molecule has 0 fully saturated rings. The topological polar surface area (TPSA) is 110 Å². The Morgan fingerprint density at radius 1 is 1.25 bits per heavy atom. The van der Waals surface area contributed by atoms with Crippen LogP contribution >= 0.6 is 11.6 Å². The number of aliphatic hydroxyl groups is 1. The number of nitrogens with one attached hydrogen (secondary N) is 1. The van der Waals surface area contributed by atoms with Gasteiger partial charge in [0.15, 0.2) is 0 Å². The first-order chi connectivity index (χ1) is 15.1. The summed E-state index contributed by atoms with van der Waals surface area (Å²) in [7, 11) is 0. The molecule has 0 bridgehead atoms. The Morgan fingerprint density at radius 2 is 1.88 bits per heavy atom. The summed E-state index contributed by atoms with van der Waals surface area (Å²) in [6.45, 7) is -0.727. The van der Waals surface area contributed by atoms with E-state index in [0.717, 1.165) is 17.7 Å². The number of carbonyl (C=O) groups is 1. The molecule has 2 aromatic heterocycles. The van der Waals surface area contributed by atoms with E-state index < -0.39 is 41.8 Å². The first-order valence-electron chi connectivity index (χ1n) is 9.17. The van der Waals surface area contributed by atoms with Crippen molar-refractivity contribution in [3.8, 4) is 16.9 Å². The van der Waals surface area contributed by atoms with Gasteiger partial charge in [0.25, 0.3) is 17.9 Å². The zero-order valence-corrected chi connectivity index (χ0v) is 17.3. The molecule has 1 aromatic carbocycles. The van der Waals surface area contributed by atoms with Gasteiger partial charge in [-0.3, -0.25) is 9.59 Å². The monoisotopic (exact) mass is 467 g/mol. The number of hydrogen-bond acceptors (Lipinski definition) is 6. The quantitative estimate of drug-likeness (QED) is 0.552.